The predicted octanol–water partition coefficient (Wildman–Crippen LogP) is 6.30. The molecule has 0 bridgehead atoms. The van der Waals surface area contributed by atoms with Crippen LogP contribution in [0.4, 0.5) is 0 Å². The Kier molecular flexibility index (Phi) is 14.7. The molecule has 2 unspecified atom stereocenters. The average molecular weight is 291 g/mol. The topological polar surface area (TPSA) is 0 Å². The molecule has 18 heavy (non-hydrogen) atoms. The fourth-order valence-electron chi connectivity index (χ4n) is 2.26. The number of hydrogen-bond acceptors (Lipinski definition) is 2. The second-order valence-corrected chi connectivity index (χ2v) is 7.11. The molecule has 110 valence electrons. The second-order valence-electron chi connectivity index (χ2n) is 5.63. The molecule has 0 aliphatic heterocycles. The summed E-state index contributed by atoms with van der Waals surface area (Å²) in [6.07, 6.45) is 16.8. The summed E-state index contributed by atoms with van der Waals surface area (Å²) in [5.74, 6) is 0. The van der Waals surface area contributed by atoms with Crippen LogP contribution in [-0.4, -0.2) is 10.5 Å². The zero-order valence-electron chi connectivity index (χ0n) is 12.5. The van der Waals surface area contributed by atoms with Crippen molar-refractivity contribution in [3.8, 4) is 0 Å². The summed E-state index contributed by atoms with van der Waals surface area (Å²) >= 11 is 8.97. The van der Waals surface area contributed by atoms with Crippen LogP contribution >= 0.6 is 25.3 Å². The lowest BCUT2D eigenvalue weighted by Gasteiger charge is -2.13. The van der Waals surface area contributed by atoms with Crippen molar-refractivity contribution in [2.24, 2.45) is 0 Å². The molecule has 0 rings (SSSR count). The maximum absolute atomic E-state index is 4.55. The van der Waals surface area contributed by atoms with Gasteiger partial charge in [-0.3, -0.25) is 0 Å². The number of unbranched alkanes of at least 4 members (excludes halogenated alkanes) is 10. The van der Waals surface area contributed by atoms with Gasteiger partial charge in [0.1, 0.15) is 0 Å². The highest BCUT2D eigenvalue weighted by Crippen LogP contribution is 2.17. The molecule has 0 aromatic heterocycles. The van der Waals surface area contributed by atoms with Gasteiger partial charge in [-0.2, -0.15) is 25.3 Å². The van der Waals surface area contributed by atoms with E-state index in [1.54, 1.807) is 0 Å². The largest absolute Gasteiger partial charge is 0.175 e. The van der Waals surface area contributed by atoms with Crippen molar-refractivity contribution >= 4 is 25.3 Å². The van der Waals surface area contributed by atoms with Gasteiger partial charge in [0.05, 0.1) is 0 Å². The van der Waals surface area contributed by atoms with Crippen molar-refractivity contribution in [2.75, 3.05) is 0 Å². The highest BCUT2D eigenvalue weighted by atomic mass is 32.1. The van der Waals surface area contributed by atoms with Gasteiger partial charge in [-0.05, 0) is 6.42 Å². The van der Waals surface area contributed by atoms with Gasteiger partial charge in [-0.1, -0.05) is 84.5 Å². The SMILES string of the molecule is CCCCCCCCCCCCCC(S)C(C)S. The molecule has 0 nitrogen and oxygen atoms in total. The van der Waals surface area contributed by atoms with Crippen molar-refractivity contribution in [3.05, 3.63) is 0 Å². The Hall–Kier alpha value is 0.700. The maximum atomic E-state index is 4.55. The molecule has 0 spiro atoms. The number of thiol groups is 2. The van der Waals surface area contributed by atoms with E-state index in [-0.39, 0.29) is 0 Å². The van der Waals surface area contributed by atoms with E-state index < -0.39 is 0 Å². The van der Waals surface area contributed by atoms with Crippen LogP contribution < -0.4 is 0 Å². The van der Waals surface area contributed by atoms with E-state index in [0.29, 0.717) is 10.5 Å². The zero-order chi connectivity index (χ0) is 13.6. The first kappa shape index (κ1) is 18.7. The third-order valence-electron chi connectivity index (χ3n) is 3.66. The Morgan fingerprint density at radius 1 is 0.667 bits per heavy atom. The lowest BCUT2D eigenvalue weighted by atomic mass is 10.0. The van der Waals surface area contributed by atoms with Gasteiger partial charge in [0.25, 0.3) is 0 Å². The van der Waals surface area contributed by atoms with Crippen LogP contribution in [0.5, 0.6) is 0 Å². The summed E-state index contributed by atoms with van der Waals surface area (Å²) in [5, 5.41) is 0.906. The van der Waals surface area contributed by atoms with Gasteiger partial charge in [0.15, 0.2) is 0 Å². The molecular weight excluding hydrogens is 256 g/mol. The number of hydrogen-bond donors (Lipinski definition) is 2. The molecule has 0 aromatic carbocycles. The molecule has 2 atom stereocenters. The first-order valence-corrected chi connectivity index (χ1v) is 9.08. The molecular formula is C16H34S2. The second kappa shape index (κ2) is 14.1. The first-order chi connectivity index (χ1) is 8.68. The molecule has 0 aliphatic carbocycles. The summed E-state index contributed by atoms with van der Waals surface area (Å²) in [6.45, 7) is 4.42. The highest BCUT2D eigenvalue weighted by Gasteiger charge is 2.07. The van der Waals surface area contributed by atoms with Gasteiger partial charge < -0.3 is 0 Å². The molecule has 0 radical (unpaired) electrons. The Morgan fingerprint density at radius 3 is 1.44 bits per heavy atom. The molecule has 0 aromatic rings. The summed E-state index contributed by atoms with van der Waals surface area (Å²) < 4.78 is 0. The average Bonchev–Trinajstić information content (AvgIpc) is 2.35. The van der Waals surface area contributed by atoms with Crippen LogP contribution in [0.2, 0.25) is 0 Å². The van der Waals surface area contributed by atoms with E-state index in [1.807, 2.05) is 0 Å². The summed E-state index contributed by atoms with van der Waals surface area (Å²) in [5.41, 5.74) is 0. The van der Waals surface area contributed by atoms with Crippen molar-refractivity contribution in [3.63, 3.8) is 0 Å². The summed E-state index contributed by atoms with van der Waals surface area (Å²) in [6, 6.07) is 0. The standard InChI is InChI=1S/C16H34S2/c1-3-4-5-6-7-8-9-10-11-12-13-14-16(18)15(2)17/h15-18H,3-14H2,1-2H3. The molecule has 0 amide bonds. The third-order valence-corrected chi connectivity index (χ3v) is 4.96. The fraction of sp³-hybridized carbons (Fsp3) is 1.00. The number of rotatable bonds is 13. The minimum atomic E-state index is 0.427. The molecule has 0 saturated heterocycles. The highest BCUT2D eigenvalue weighted by molar-refractivity contribution is 7.85. The van der Waals surface area contributed by atoms with E-state index in [2.05, 4.69) is 39.1 Å². The molecule has 0 saturated carbocycles. The van der Waals surface area contributed by atoms with Crippen molar-refractivity contribution < 1.29 is 0 Å². The first-order valence-electron chi connectivity index (χ1n) is 8.04. The van der Waals surface area contributed by atoms with Crippen LogP contribution in [0.3, 0.4) is 0 Å². The van der Waals surface area contributed by atoms with Crippen LogP contribution in [0, 0.1) is 0 Å². The van der Waals surface area contributed by atoms with Gasteiger partial charge >= 0.3 is 0 Å². The molecule has 2 heteroatoms. The van der Waals surface area contributed by atoms with Crippen LogP contribution in [-0.2, 0) is 0 Å². The van der Waals surface area contributed by atoms with Crippen LogP contribution in [0.1, 0.15) is 90.9 Å². The fourth-order valence-corrected chi connectivity index (χ4v) is 2.59. The Bertz CT molecular complexity index is 157. The molecule has 0 aliphatic rings. The lowest BCUT2D eigenvalue weighted by Crippen LogP contribution is -2.10. The third kappa shape index (κ3) is 13.1. The zero-order valence-corrected chi connectivity index (χ0v) is 14.3. The van der Waals surface area contributed by atoms with Crippen molar-refractivity contribution in [2.45, 2.75) is 101 Å². The van der Waals surface area contributed by atoms with Gasteiger partial charge in [0, 0.05) is 10.5 Å². The lowest BCUT2D eigenvalue weighted by molar-refractivity contribution is 0.541. The molecule has 0 N–H and O–H groups in total. The predicted molar refractivity (Wildman–Crippen MR) is 92.3 cm³/mol. The smallest absolute Gasteiger partial charge is 0.0131 e. The minimum Gasteiger partial charge on any atom is -0.175 e. The quantitative estimate of drug-likeness (QED) is 0.288. The maximum Gasteiger partial charge on any atom is 0.0131 e. The minimum absolute atomic E-state index is 0.427. The van der Waals surface area contributed by atoms with Gasteiger partial charge in [-0.15, -0.1) is 0 Å². The molecule has 0 fully saturated rings. The van der Waals surface area contributed by atoms with E-state index >= 15 is 0 Å². The Labute approximate surface area is 127 Å². The normalized spacial score (nSPS) is 14.7. The van der Waals surface area contributed by atoms with E-state index in [1.165, 1.54) is 77.0 Å². The Balaban J connectivity index is 3.03. The summed E-state index contributed by atoms with van der Waals surface area (Å²) in [7, 11) is 0. The van der Waals surface area contributed by atoms with Crippen LogP contribution in [0.15, 0.2) is 0 Å². The van der Waals surface area contributed by atoms with Gasteiger partial charge in [-0.25, -0.2) is 0 Å². The Morgan fingerprint density at radius 2 is 1.06 bits per heavy atom. The van der Waals surface area contributed by atoms with Crippen molar-refractivity contribution in [1.29, 1.82) is 0 Å². The van der Waals surface area contributed by atoms with Crippen molar-refractivity contribution in [1.82, 2.24) is 0 Å². The summed E-state index contributed by atoms with van der Waals surface area (Å²) in [4.78, 5) is 0. The van der Waals surface area contributed by atoms with E-state index in [9.17, 15) is 0 Å². The van der Waals surface area contributed by atoms with E-state index in [4.69, 9.17) is 0 Å². The van der Waals surface area contributed by atoms with Gasteiger partial charge in [0.2, 0.25) is 0 Å². The van der Waals surface area contributed by atoms with E-state index in [0.717, 1.165) is 0 Å². The monoisotopic (exact) mass is 290 g/mol. The molecule has 0 heterocycles. The van der Waals surface area contributed by atoms with Crippen LogP contribution in [0.25, 0.3) is 0 Å².